The molecule has 1 aliphatic heterocycles. The minimum absolute atomic E-state index is 0.133. The molecule has 1 fully saturated rings. The number of nitrogens with two attached hydrogens (primary N) is 1. The molecule has 1 saturated heterocycles. The van der Waals surface area contributed by atoms with Crippen LogP contribution in [0.4, 0.5) is 5.69 Å². The molecule has 0 spiro atoms. The first-order valence-corrected chi connectivity index (χ1v) is 6.75. The molecule has 0 radical (unpaired) electrons. The molecule has 2 unspecified atom stereocenters. The van der Waals surface area contributed by atoms with E-state index in [2.05, 4.69) is 5.10 Å². The van der Waals surface area contributed by atoms with Gasteiger partial charge in [-0.15, -0.1) is 0 Å². The van der Waals surface area contributed by atoms with Gasteiger partial charge in [-0.25, -0.2) is 0 Å². The van der Waals surface area contributed by atoms with E-state index in [1.54, 1.807) is 16.5 Å². The Balaban J connectivity index is 2.25. The van der Waals surface area contributed by atoms with Crippen LogP contribution in [-0.2, 0) is 6.54 Å². The quantitative estimate of drug-likeness (QED) is 0.822. The second kappa shape index (κ2) is 5.21. The summed E-state index contributed by atoms with van der Waals surface area (Å²) in [6, 6.07) is 0. The standard InChI is InChI=1S/C13H22N4O2/c1-4-17-12(11(14)9(3)15-17)13(19)16-6-5-8(2)10(18)7-16/h8,10,18H,4-7,14H2,1-3H3. The van der Waals surface area contributed by atoms with Crippen molar-refractivity contribution in [3.63, 3.8) is 0 Å². The van der Waals surface area contributed by atoms with E-state index in [0.717, 1.165) is 6.42 Å². The van der Waals surface area contributed by atoms with Crippen LogP contribution in [0.5, 0.6) is 0 Å². The SMILES string of the molecule is CCn1nc(C)c(N)c1C(=O)N1CCC(C)C(O)C1. The maximum absolute atomic E-state index is 12.5. The third-order valence-corrected chi connectivity index (χ3v) is 3.88. The molecule has 1 aromatic rings. The van der Waals surface area contributed by atoms with Crippen molar-refractivity contribution in [2.75, 3.05) is 18.8 Å². The second-order valence-corrected chi connectivity index (χ2v) is 5.25. The summed E-state index contributed by atoms with van der Waals surface area (Å²) in [5.41, 5.74) is 7.52. The summed E-state index contributed by atoms with van der Waals surface area (Å²) in [6.07, 6.45) is 0.351. The van der Waals surface area contributed by atoms with Gasteiger partial charge >= 0.3 is 0 Å². The number of carbonyl (C=O) groups excluding carboxylic acids is 1. The Morgan fingerprint density at radius 1 is 1.58 bits per heavy atom. The highest BCUT2D eigenvalue weighted by Gasteiger charge is 2.31. The van der Waals surface area contributed by atoms with E-state index in [-0.39, 0.29) is 11.8 Å². The van der Waals surface area contributed by atoms with Gasteiger partial charge in [0.15, 0.2) is 0 Å². The molecule has 1 aromatic heterocycles. The first-order chi connectivity index (χ1) is 8.95. The molecular formula is C13H22N4O2. The van der Waals surface area contributed by atoms with Gasteiger partial charge < -0.3 is 15.7 Å². The van der Waals surface area contributed by atoms with Crippen LogP contribution in [0, 0.1) is 12.8 Å². The minimum Gasteiger partial charge on any atom is -0.395 e. The number of rotatable bonds is 2. The lowest BCUT2D eigenvalue weighted by Gasteiger charge is -2.34. The van der Waals surface area contributed by atoms with E-state index < -0.39 is 6.10 Å². The van der Waals surface area contributed by atoms with E-state index in [9.17, 15) is 9.90 Å². The van der Waals surface area contributed by atoms with E-state index in [1.807, 2.05) is 13.8 Å². The van der Waals surface area contributed by atoms with Gasteiger partial charge in [-0.3, -0.25) is 9.48 Å². The van der Waals surface area contributed by atoms with Crippen molar-refractivity contribution >= 4 is 11.6 Å². The number of nitrogen functional groups attached to an aromatic ring is 1. The number of β-amino-alcohol motifs (C(OH)–C–C–N with tert-alkyl or cyclic N) is 1. The van der Waals surface area contributed by atoms with Crippen molar-refractivity contribution < 1.29 is 9.90 Å². The van der Waals surface area contributed by atoms with Gasteiger partial charge in [0, 0.05) is 19.6 Å². The number of hydrogen-bond donors (Lipinski definition) is 2. The van der Waals surface area contributed by atoms with Gasteiger partial charge in [-0.05, 0) is 26.2 Å². The smallest absolute Gasteiger partial charge is 0.274 e. The highest BCUT2D eigenvalue weighted by molar-refractivity contribution is 5.98. The van der Waals surface area contributed by atoms with Crippen LogP contribution < -0.4 is 5.73 Å². The summed E-state index contributed by atoms with van der Waals surface area (Å²) in [5.74, 6) is 0.102. The molecule has 19 heavy (non-hydrogen) atoms. The summed E-state index contributed by atoms with van der Waals surface area (Å²) in [4.78, 5) is 14.2. The fourth-order valence-electron chi connectivity index (χ4n) is 2.43. The van der Waals surface area contributed by atoms with E-state index in [4.69, 9.17) is 5.73 Å². The molecule has 0 aliphatic carbocycles. The van der Waals surface area contributed by atoms with Crippen LogP contribution in [0.15, 0.2) is 0 Å². The minimum atomic E-state index is -0.460. The molecule has 2 rings (SSSR count). The molecule has 1 amide bonds. The van der Waals surface area contributed by atoms with Crippen molar-refractivity contribution in [3.05, 3.63) is 11.4 Å². The Bertz CT molecular complexity index is 483. The monoisotopic (exact) mass is 266 g/mol. The molecule has 2 heterocycles. The predicted molar refractivity (Wildman–Crippen MR) is 72.7 cm³/mol. The topological polar surface area (TPSA) is 84.4 Å². The largest absolute Gasteiger partial charge is 0.395 e. The second-order valence-electron chi connectivity index (χ2n) is 5.25. The molecule has 0 bridgehead atoms. The van der Waals surface area contributed by atoms with Crippen LogP contribution in [0.25, 0.3) is 0 Å². The lowest BCUT2D eigenvalue weighted by atomic mass is 9.96. The van der Waals surface area contributed by atoms with Gasteiger partial charge in [0.2, 0.25) is 0 Å². The van der Waals surface area contributed by atoms with Gasteiger partial charge in [0.05, 0.1) is 17.5 Å². The molecule has 0 saturated carbocycles. The van der Waals surface area contributed by atoms with Crippen molar-refractivity contribution in [3.8, 4) is 0 Å². The van der Waals surface area contributed by atoms with Gasteiger partial charge in [0.25, 0.3) is 5.91 Å². The number of carbonyl (C=O) groups is 1. The Hall–Kier alpha value is -1.56. The molecule has 106 valence electrons. The van der Waals surface area contributed by atoms with Gasteiger partial charge in [-0.2, -0.15) is 5.10 Å². The summed E-state index contributed by atoms with van der Waals surface area (Å²) < 4.78 is 1.64. The van der Waals surface area contributed by atoms with Crippen molar-refractivity contribution in [1.29, 1.82) is 0 Å². The third-order valence-electron chi connectivity index (χ3n) is 3.88. The zero-order chi connectivity index (χ0) is 14.2. The number of aliphatic hydroxyl groups excluding tert-OH is 1. The summed E-state index contributed by atoms with van der Waals surface area (Å²) in [7, 11) is 0. The van der Waals surface area contributed by atoms with E-state index in [1.165, 1.54) is 0 Å². The fraction of sp³-hybridized carbons (Fsp3) is 0.692. The fourth-order valence-corrected chi connectivity index (χ4v) is 2.43. The Kier molecular flexibility index (Phi) is 3.80. The van der Waals surface area contributed by atoms with Gasteiger partial charge in [-0.1, -0.05) is 6.92 Å². The van der Waals surface area contributed by atoms with Crippen LogP contribution in [0.1, 0.15) is 36.5 Å². The number of aromatic nitrogens is 2. The lowest BCUT2D eigenvalue weighted by molar-refractivity contribution is 0.0242. The average Bonchev–Trinajstić information content (AvgIpc) is 2.68. The Labute approximate surface area is 113 Å². The number of amides is 1. The summed E-state index contributed by atoms with van der Waals surface area (Å²) >= 11 is 0. The number of hydrogen-bond acceptors (Lipinski definition) is 4. The normalized spacial score (nSPS) is 23.7. The molecule has 6 nitrogen and oxygen atoms in total. The number of piperidine rings is 1. The first kappa shape index (κ1) is 13.9. The van der Waals surface area contributed by atoms with Crippen molar-refractivity contribution in [2.45, 2.75) is 39.8 Å². The van der Waals surface area contributed by atoms with Crippen LogP contribution in [0.2, 0.25) is 0 Å². The number of anilines is 1. The van der Waals surface area contributed by atoms with E-state index in [0.29, 0.717) is 36.7 Å². The van der Waals surface area contributed by atoms with Crippen LogP contribution in [-0.4, -0.2) is 44.9 Å². The Morgan fingerprint density at radius 3 is 2.84 bits per heavy atom. The number of nitrogens with zero attached hydrogens (tertiary/aromatic N) is 3. The maximum Gasteiger partial charge on any atom is 0.274 e. The zero-order valence-corrected chi connectivity index (χ0v) is 11.8. The molecule has 0 aromatic carbocycles. The lowest BCUT2D eigenvalue weighted by Crippen LogP contribution is -2.46. The number of aryl methyl sites for hydroxylation is 2. The average molecular weight is 266 g/mol. The first-order valence-electron chi connectivity index (χ1n) is 6.75. The Morgan fingerprint density at radius 2 is 2.26 bits per heavy atom. The molecule has 3 N–H and O–H groups in total. The number of aliphatic hydroxyl groups is 1. The van der Waals surface area contributed by atoms with Gasteiger partial charge in [0.1, 0.15) is 5.69 Å². The van der Waals surface area contributed by atoms with Crippen molar-refractivity contribution in [2.24, 2.45) is 5.92 Å². The number of likely N-dealkylation sites (tertiary alicyclic amines) is 1. The molecular weight excluding hydrogens is 244 g/mol. The summed E-state index contributed by atoms with van der Waals surface area (Å²) in [5, 5.41) is 14.2. The third kappa shape index (κ3) is 2.45. The molecule has 1 aliphatic rings. The van der Waals surface area contributed by atoms with Crippen LogP contribution >= 0.6 is 0 Å². The maximum atomic E-state index is 12.5. The summed E-state index contributed by atoms with van der Waals surface area (Å²) in [6.45, 7) is 7.35. The van der Waals surface area contributed by atoms with Crippen LogP contribution in [0.3, 0.4) is 0 Å². The van der Waals surface area contributed by atoms with Crippen molar-refractivity contribution in [1.82, 2.24) is 14.7 Å². The van der Waals surface area contributed by atoms with E-state index >= 15 is 0 Å². The molecule has 6 heteroatoms. The zero-order valence-electron chi connectivity index (χ0n) is 11.8. The molecule has 2 atom stereocenters. The predicted octanol–water partition coefficient (Wildman–Crippen LogP) is 0.637. The highest BCUT2D eigenvalue weighted by atomic mass is 16.3. The highest BCUT2D eigenvalue weighted by Crippen LogP contribution is 2.23.